The van der Waals surface area contributed by atoms with E-state index in [1.807, 2.05) is 24.3 Å². The van der Waals surface area contributed by atoms with E-state index in [1.54, 1.807) is 13.8 Å². The highest BCUT2D eigenvalue weighted by molar-refractivity contribution is 5.82. The van der Waals surface area contributed by atoms with Crippen molar-refractivity contribution < 1.29 is 14.7 Å². The summed E-state index contributed by atoms with van der Waals surface area (Å²) < 4.78 is 0. The van der Waals surface area contributed by atoms with Crippen molar-refractivity contribution in [1.82, 2.24) is 10.6 Å². The van der Waals surface area contributed by atoms with Crippen molar-refractivity contribution in [2.75, 3.05) is 0 Å². The number of aryl methyl sites for hydroxylation is 1. The van der Waals surface area contributed by atoms with Gasteiger partial charge >= 0.3 is 12.0 Å². The minimum absolute atomic E-state index is 0.166. The van der Waals surface area contributed by atoms with Crippen LogP contribution < -0.4 is 10.6 Å². The maximum Gasteiger partial charge on any atom is 0.326 e. The highest BCUT2D eigenvalue weighted by atomic mass is 16.4. The number of carbonyl (C=O) groups is 2. The summed E-state index contributed by atoms with van der Waals surface area (Å²) in [6.45, 7) is 5.95. The lowest BCUT2D eigenvalue weighted by Crippen LogP contribution is -2.48. The van der Waals surface area contributed by atoms with Crippen molar-refractivity contribution in [1.29, 1.82) is 0 Å². The second-order valence-electron chi connectivity index (χ2n) is 5.01. The fourth-order valence-corrected chi connectivity index (χ4v) is 1.96. The van der Waals surface area contributed by atoms with Gasteiger partial charge in [-0.2, -0.15) is 0 Å². The summed E-state index contributed by atoms with van der Waals surface area (Å²) >= 11 is 0. The highest BCUT2D eigenvalue weighted by Crippen LogP contribution is 2.09. The molecule has 0 spiro atoms. The van der Waals surface area contributed by atoms with Crippen LogP contribution in [-0.2, 0) is 17.8 Å². The number of carboxylic acids is 1. The van der Waals surface area contributed by atoms with Crippen molar-refractivity contribution in [2.24, 2.45) is 5.92 Å². The maximum absolute atomic E-state index is 11.7. The molecule has 0 aliphatic carbocycles. The van der Waals surface area contributed by atoms with Crippen molar-refractivity contribution in [3.05, 3.63) is 35.4 Å². The molecule has 0 saturated carbocycles. The summed E-state index contributed by atoms with van der Waals surface area (Å²) in [6.07, 6.45) is 0.892. The third-order valence-electron chi connectivity index (χ3n) is 3.16. The van der Waals surface area contributed by atoms with Gasteiger partial charge in [-0.05, 0) is 23.5 Å². The van der Waals surface area contributed by atoms with E-state index in [9.17, 15) is 9.59 Å². The molecule has 0 heterocycles. The Labute approximate surface area is 119 Å². The van der Waals surface area contributed by atoms with Gasteiger partial charge in [-0.15, -0.1) is 0 Å². The molecule has 110 valence electrons. The molecule has 2 amide bonds. The van der Waals surface area contributed by atoms with Crippen molar-refractivity contribution in [3.8, 4) is 0 Å². The number of urea groups is 1. The molecule has 1 rings (SSSR count). The first kappa shape index (κ1) is 16.0. The Morgan fingerprint density at radius 3 is 2.30 bits per heavy atom. The van der Waals surface area contributed by atoms with Crippen LogP contribution in [0.3, 0.4) is 0 Å². The Morgan fingerprint density at radius 1 is 1.20 bits per heavy atom. The van der Waals surface area contributed by atoms with Gasteiger partial charge in [0.25, 0.3) is 0 Å². The SMILES string of the molecule is CCc1ccccc1CNC(=O)N[C@@H](C(=O)O)C(C)C. The number of carbonyl (C=O) groups excluding carboxylic acids is 1. The zero-order chi connectivity index (χ0) is 15.1. The summed E-state index contributed by atoms with van der Waals surface area (Å²) in [7, 11) is 0. The van der Waals surface area contributed by atoms with Crippen LogP contribution in [0.4, 0.5) is 4.79 Å². The van der Waals surface area contributed by atoms with E-state index in [-0.39, 0.29) is 5.92 Å². The monoisotopic (exact) mass is 278 g/mol. The van der Waals surface area contributed by atoms with Crippen LogP contribution in [-0.4, -0.2) is 23.1 Å². The number of aliphatic carboxylic acids is 1. The van der Waals surface area contributed by atoms with E-state index >= 15 is 0 Å². The van der Waals surface area contributed by atoms with Crippen molar-refractivity contribution in [2.45, 2.75) is 39.8 Å². The van der Waals surface area contributed by atoms with E-state index < -0.39 is 18.0 Å². The van der Waals surface area contributed by atoms with Gasteiger partial charge in [-0.3, -0.25) is 0 Å². The standard InChI is InChI=1S/C15H22N2O3/c1-4-11-7-5-6-8-12(11)9-16-15(20)17-13(10(2)3)14(18)19/h5-8,10,13H,4,9H2,1-3H3,(H,18,19)(H2,16,17,20)/t13-/m1/s1. The van der Waals surface area contributed by atoms with Gasteiger partial charge in [0.05, 0.1) is 0 Å². The molecule has 1 atom stereocenters. The molecular weight excluding hydrogens is 256 g/mol. The number of hydrogen-bond acceptors (Lipinski definition) is 2. The number of benzene rings is 1. The maximum atomic E-state index is 11.7. The smallest absolute Gasteiger partial charge is 0.326 e. The number of rotatable bonds is 6. The number of amides is 2. The first-order valence-corrected chi connectivity index (χ1v) is 6.79. The highest BCUT2D eigenvalue weighted by Gasteiger charge is 2.23. The molecule has 0 fully saturated rings. The molecule has 0 radical (unpaired) electrons. The van der Waals surface area contributed by atoms with E-state index in [0.717, 1.165) is 12.0 Å². The zero-order valence-electron chi connectivity index (χ0n) is 12.1. The molecule has 0 aliphatic rings. The molecule has 5 nitrogen and oxygen atoms in total. The van der Waals surface area contributed by atoms with Crippen LogP contribution in [0.1, 0.15) is 31.9 Å². The zero-order valence-corrected chi connectivity index (χ0v) is 12.1. The Kier molecular flexibility index (Phi) is 6.03. The second-order valence-corrected chi connectivity index (χ2v) is 5.01. The third-order valence-corrected chi connectivity index (χ3v) is 3.16. The Bertz CT molecular complexity index is 472. The molecular formula is C15H22N2O3. The van der Waals surface area contributed by atoms with Crippen LogP contribution in [0.15, 0.2) is 24.3 Å². The molecule has 5 heteroatoms. The Hall–Kier alpha value is -2.04. The number of hydrogen-bond donors (Lipinski definition) is 3. The number of nitrogens with one attached hydrogen (secondary N) is 2. The van der Waals surface area contributed by atoms with Gasteiger partial charge in [-0.1, -0.05) is 45.0 Å². The summed E-state index contributed by atoms with van der Waals surface area (Å²) in [6, 6.07) is 6.51. The van der Waals surface area contributed by atoms with Crippen LogP contribution in [0, 0.1) is 5.92 Å². The van der Waals surface area contributed by atoms with E-state index in [0.29, 0.717) is 6.54 Å². The minimum atomic E-state index is -1.02. The van der Waals surface area contributed by atoms with E-state index in [2.05, 4.69) is 17.6 Å². The molecule has 1 aromatic carbocycles. The molecule has 3 N–H and O–H groups in total. The quantitative estimate of drug-likeness (QED) is 0.746. The van der Waals surface area contributed by atoms with Crippen LogP contribution in [0.5, 0.6) is 0 Å². The average Bonchev–Trinajstić information content (AvgIpc) is 2.42. The molecule has 1 aromatic rings. The topological polar surface area (TPSA) is 78.4 Å². The summed E-state index contributed by atoms with van der Waals surface area (Å²) in [5.74, 6) is -1.19. The summed E-state index contributed by atoms with van der Waals surface area (Å²) in [4.78, 5) is 22.8. The van der Waals surface area contributed by atoms with Crippen molar-refractivity contribution >= 4 is 12.0 Å². The lowest BCUT2D eigenvalue weighted by atomic mass is 10.0. The van der Waals surface area contributed by atoms with Crippen LogP contribution >= 0.6 is 0 Å². The Balaban J connectivity index is 2.57. The summed E-state index contributed by atoms with van der Waals surface area (Å²) in [5.41, 5.74) is 2.22. The van der Waals surface area contributed by atoms with E-state index in [4.69, 9.17) is 5.11 Å². The third kappa shape index (κ3) is 4.57. The molecule has 0 unspecified atom stereocenters. The lowest BCUT2D eigenvalue weighted by molar-refractivity contribution is -0.140. The predicted molar refractivity (Wildman–Crippen MR) is 77.5 cm³/mol. The van der Waals surface area contributed by atoms with Gasteiger partial charge in [0.1, 0.15) is 6.04 Å². The average molecular weight is 278 g/mol. The minimum Gasteiger partial charge on any atom is -0.480 e. The largest absolute Gasteiger partial charge is 0.480 e. The molecule has 0 aliphatic heterocycles. The van der Waals surface area contributed by atoms with E-state index in [1.165, 1.54) is 5.56 Å². The first-order chi connectivity index (χ1) is 9.45. The van der Waals surface area contributed by atoms with Crippen LogP contribution in [0.2, 0.25) is 0 Å². The fourth-order valence-electron chi connectivity index (χ4n) is 1.96. The van der Waals surface area contributed by atoms with Gasteiger partial charge in [0.2, 0.25) is 0 Å². The number of carboxylic acid groups (broad SMARTS) is 1. The lowest BCUT2D eigenvalue weighted by Gasteiger charge is -2.18. The van der Waals surface area contributed by atoms with Crippen LogP contribution in [0.25, 0.3) is 0 Å². The fraction of sp³-hybridized carbons (Fsp3) is 0.467. The van der Waals surface area contributed by atoms with Gasteiger partial charge < -0.3 is 15.7 Å². The van der Waals surface area contributed by atoms with Gasteiger partial charge in [0.15, 0.2) is 0 Å². The first-order valence-electron chi connectivity index (χ1n) is 6.79. The summed E-state index contributed by atoms with van der Waals surface area (Å²) in [5, 5.41) is 14.2. The normalized spacial score (nSPS) is 12.0. The predicted octanol–water partition coefficient (Wildman–Crippen LogP) is 2.16. The Morgan fingerprint density at radius 2 is 1.80 bits per heavy atom. The van der Waals surface area contributed by atoms with Crippen molar-refractivity contribution in [3.63, 3.8) is 0 Å². The molecule has 20 heavy (non-hydrogen) atoms. The molecule has 0 saturated heterocycles. The van der Waals surface area contributed by atoms with Gasteiger partial charge in [0, 0.05) is 6.54 Å². The molecule has 0 bridgehead atoms. The second kappa shape index (κ2) is 7.53. The molecule has 0 aromatic heterocycles. The van der Waals surface area contributed by atoms with Gasteiger partial charge in [-0.25, -0.2) is 9.59 Å².